The van der Waals surface area contributed by atoms with Crippen molar-refractivity contribution in [2.45, 2.75) is 33.4 Å². The molecule has 4 aromatic rings. The summed E-state index contributed by atoms with van der Waals surface area (Å²) in [6, 6.07) is 18.4. The lowest BCUT2D eigenvalue weighted by Crippen LogP contribution is -2.31. The van der Waals surface area contributed by atoms with Crippen molar-refractivity contribution >= 4 is 33.5 Å². The van der Waals surface area contributed by atoms with Crippen LogP contribution in [0.15, 0.2) is 76.4 Å². The largest absolute Gasteiger partial charge is 0.495 e. The summed E-state index contributed by atoms with van der Waals surface area (Å²) in [4.78, 5) is 13.8. The summed E-state index contributed by atoms with van der Waals surface area (Å²) >= 11 is 3.69. The van der Waals surface area contributed by atoms with E-state index in [0.29, 0.717) is 57.8 Å². The Balaban J connectivity index is 1.54. The number of aromatic nitrogens is 4. The summed E-state index contributed by atoms with van der Waals surface area (Å²) in [7, 11) is 1.56. The number of para-hydroxylation sites is 2. The van der Waals surface area contributed by atoms with Crippen LogP contribution in [-0.4, -0.2) is 39.8 Å². The van der Waals surface area contributed by atoms with Gasteiger partial charge in [0, 0.05) is 5.70 Å². The number of tetrazole rings is 1. The second-order valence-corrected chi connectivity index (χ2v) is 10.0. The zero-order valence-corrected chi connectivity index (χ0v) is 24.2. The van der Waals surface area contributed by atoms with E-state index in [1.807, 2.05) is 69.3 Å². The molecule has 1 amide bonds. The number of methoxy groups -OCH3 is 1. The fourth-order valence-electron chi connectivity index (χ4n) is 4.62. The number of fused-ring (bicyclic) bond motifs is 1. The molecule has 1 unspecified atom stereocenters. The zero-order valence-electron chi connectivity index (χ0n) is 22.6. The molecule has 0 radical (unpaired) electrons. The average Bonchev–Trinajstić information content (AvgIpc) is 3.41. The molecule has 0 fully saturated rings. The number of nitrogens with one attached hydrogen (secondary N) is 2. The summed E-state index contributed by atoms with van der Waals surface area (Å²) in [5.74, 6) is 1.75. The predicted octanol–water partition coefficient (Wildman–Crippen LogP) is 5.66. The number of halogens is 1. The summed E-state index contributed by atoms with van der Waals surface area (Å²) in [5.41, 5.74) is 4.56. The smallest absolute Gasteiger partial charge is 0.255 e. The Morgan fingerprint density at radius 1 is 1.07 bits per heavy atom. The molecular weight excluding hydrogens is 576 g/mol. The van der Waals surface area contributed by atoms with Crippen molar-refractivity contribution < 1.29 is 19.0 Å². The van der Waals surface area contributed by atoms with Crippen LogP contribution in [0, 0.1) is 6.92 Å². The molecule has 1 aliphatic heterocycles. The second kappa shape index (κ2) is 11.8. The van der Waals surface area contributed by atoms with Crippen LogP contribution >= 0.6 is 15.9 Å². The maximum Gasteiger partial charge on any atom is 0.255 e. The first-order chi connectivity index (χ1) is 19.4. The van der Waals surface area contributed by atoms with Crippen molar-refractivity contribution in [3.05, 3.63) is 93.1 Å². The molecule has 0 aliphatic carbocycles. The number of amides is 1. The number of nitrogens with zero attached hydrogens (tertiary/aromatic N) is 4. The van der Waals surface area contributed by atoms with Crippen LogP contribution in [0.4, 0.5) is 11.6 Å². The molecule has 1 aliphatic rings. The summed E-state index contributed by atoms with van der Waals surface area (Å²) < 4.78 is 20.0. The number of aryl methyl sites for hydroxylation is 1. The third-order valence-corrected chi connectivity index (χ3v) is 7.18. The van der Waals surface area contributed by atoms with Crippen LogP contribution in [0.3, 0.4) is 0 Å². The van der Waals surface area contributed by atoms with Crippen LogP contribution in [0.5, 0.6) is 17.2 Å². The van der Waals surface area contributed by atoms with E-state index in [1.165, 1.54) is 0 Å². The summed E-state index contributed by atoms with van der Waals surface area (Å²) in [6.07, 6.45) is 0. The van der Waals surface area contributed by atoms with Gasteiger partial charge in [0.1, 0.15) is 18.4 Å². The van der Waals surface area contributed by atoms with E-state index >= 15 is 0 Å². The molecule has 5 rings (SSSR count). The Morgan fingerprint density at radius 2 is 1.85 bits per heavy atom. The first kappa shape index (κ1) is 27.2. The molecule has 0 saturated heterocycles. The highest BCUT2D eigenvalue weighted by atomic mass is 79.9. The van der Waals surface area contributed by atoms with Crippen LogP contribution in [0.1, 0.15) is 36.6 Å². The maximum absolute atomic E-state index is 13.8. The lowest BCUT2D eigenvalue weighted by molar-refractivity contribution is -0.113. The summed E-state index contributed by atoms with van der Waals surface area (Å²) in [6.45, 7) is 6.58. The molecule has 206 valence electrons. The van der Waals surface area contributed by atoms with Gasteiger partial charge in [0.15, 0.2) is 11.5 Å². The Morgan fingerprint density at radius 3 is 2.62 bits per heavy atom. The molecule has 1 atom stereocenters. The quantitative estimate of drug-likeness (QED) is 0.252. The molecule has 10 nitrogen and oxygen atoms in total. The second-order valence-electron chi connectivity index (χ2n) is 9.15. The van der Waals surface area contributed by atoms with E-state index in [9.17, 15) is 4.79 Å². The van der Waals surface area contributed by atoms with Gasteiger partial charge >= 0.3 is 0 Å². The number of carbonyl (C=O) groups is 1. The first-order valence-electron chi connectivity index (χ1n) is 12.7. The Hall–Kier alpha value is -4.38. The van der Waals surface area contributed by atoms with Crippen molar-refractivity contribution in [2.75, 3.05) is 24.4 Å². The van der Waals surface area contributed by atoms with E-state index in [0.717, 1.165) is 16.7 Å². The van der Waals surface area contributed by atoms with Gasteiger partial charge in [-0.15, -0.1) is 0 Å². The normalized spacial score (nSPS) is 14.3. The van der Waals surface area contributed by atoms with Crippen LogP contribution in [0.25, 0.3) is 0 Å². The van der Waals surface area contributed by atoms with E-state index in [1.54, 1.807) is 23.9 Å². The van der Waals surface area contributed by atoms with Gasteiger partial charge in [-0.25, -0.2) is 0 Å². The van der Waals surface area contributed by atoms with Crippen molar-refractivity contribution in [1.29, 1.82) is 0 Å². The molecule has 1 aromatic heterocycles. The van der Waals surface area contributed by atoms with Crippen LogP contribution in [-0.2, 0) is 11.4 Å². The van der Waals surface area contributed by atoms with Gasteiger partial charge in [0.25, 0.3) is 5.91 Å². The maximum atomic E-state index is 13.8. The molecule has 2 N–H and O–H groups in total. The van der Waals surface area contributed by atoms with Crippen molar-refractivity contribution in [2.24, 2.45) is 0 Å². The van der Waals surface area contributed by atoms with Crippen molar-refractivity contribution in [3.8, 4) is 17.2 Å². The highest BCUT2D eigenvalue weighted by Crippen LogP contribution is 2.43. The fourth-order valence-corrected chi connectivity index (χ4v) is 5.20. The third-order valence-electron chi connectivity index (χ3n) is 6.59. The number of allylic oxidation sites excluding steroid dienone is 1. The first-order valence-corrected chi connectivity index (χ1v) is 13.5. The molecule has 0 bridgehead atoms. The minimum atomic E-state index is -0.651. The Kier molecular flexibility index (Phi) is 8.01. The Labute approximate surface area is 240 Å². The lowest BCUT2D eigenvalue weighted by Gasteiger charge is -2.29. The van der Waals surface area contributed by atoms with Gasteiger partial charge in [0.2, 0.25) is 5.95 Å². The molecule has 3 aromatic carbocycles. The molecule has 40 heavy (non-hydrogen) atoms. The van der Waals surface area contributed by atoms with Crippen LogP contribution in [0.2, 0.25) is 0 Å². The van der Waals surface area contributed by atoms with E-state index in [4.69, 9.17) is 14.2 Å². The summed E-state index contributed by atoms with van der Waals surface area (Å²) in [5, 5.41) is 18.3. The van der Waals surface area contributed by atoms with Gasteiger partial charge in [0.05, 0.1) is 29.4 Å². The van der Waals surface area contributed by atoms with Gasteiger partial charge < -0.3 is 24.8 Å². The Bertz CT molecular complexity index is 1580. The minimum absolute atomic E-state index is 0.324. The predicted molar refractivity (Wildman–Crippen MR) is 155 cm³/mol. The van der Waals surface area contributed by atoms with E-state index in [-0.39, 0.29) is 5.91 Å². The SMILES string of the molecule is CCOc1cc(C2C(C(=O)Nc3ccccc3OC)=C(C)Nc3nnnn32)cc(Br)c1OCc1ccccc1C. The molecule has 11 heteroatoms. The number of rotatable bonds is 9. The fraction of sp³-hybridized carbons (Fsp3) is 0.241. The number of benzene rings is 3. The average molecular weight is 605 g/mol. The number of hydrogen-bond donors (Lipinski definition) is 2. The van der Waals surface area contributed by atoms with Gasteiger partial charge in [-0.3, -0.25) is 4.79 Å². The number of carbonyl (C=O) groups excluding carboxylic acids is 1. The monoisotopic (exact) mass is 604 g/mol. The lowest BCUT2D eigenvalue weighted by atomic mass is 9.94. The number of hydrogen-bond acceptors (Lipinski definition) is 8. The van der Waals surface area contributed by atoms with Crippen LogP contribution < -0.4 is 24.8 Å². The highest BCUT2D eigenvalue weighted by Gasteiger charge is 2.35. The molecule has 2 heterocycles. The topological polar surface area (TPSA) is 112 Å². The molecule has 0 spiro atoms. The number of anilines is 2. The number of ether oxygens (including phenoxy) is 3. The standard InChI is InChI=1S/C29H29BrN6O4/c1-5-39-24-15-20(14-21(30)27(24)40-16-19-11-7-6-10-17(19)2)26-25(18(3)31-29-33-34-35-36(26)29)28(37)32-22-12-8-9-13-23(22)38-4/h6-15,26H,5,16H2,1-4H3,(H,32,37)(H,31,33,35). The van der Waals surface area contributed by atoms with Crippen molar-refractivity contribution in [3.63, 3.8) is 0 Å². The van der Waals surface area contributed by atoms with Gasteiger partial charge in [-0.05, 0) is 88.1 Å². The minimum Gasteiger partial charge on any atom is -0.495 e. The van der Waals surface area contributed by atoms with Gasteiger partial charge in [-0.1, -0.05) is 41.5 Å². The zero-order chi connectivity index (χ0) is 28.2. The highest BCUT2D eigenvalue weighted by molar-refractivity contribution is 9.10. The van der Waals surface area contributed by atoms with Gasteiger partial charge in [-0.2, -0.15) is 4.68 Å². The van der Waals surface area contributed by atoms with E-state index in [2.05, 4.69) is 42.1 Å². The third kappa shape index (κ3) is 5.37. The molecule has 0 saturated carbocycles. The van der Waals surface area contributed by atoms with E-state index < -0.39 is 6.04 Å². The molecular formula is C29H29BrN6O4. The van der Waals surface area contributed by atoms with Crippen molar-refractivity contribution in [1.82, 2.24) is 20.2 Å².